The maximum Gasteiger partial charge on any atom is 0.322 e. The van der Waals surface area contributed by atoms with Gasteiger partial charge < -0.3 is 25.3 Å². The van der Waals surface area contributed by atoms with Gasteiger partial charge in [-0.25, -0.2) is 0 Å². The number of carbonyl (C=O) groups excluding carboxylic acids is 2. The van der Waals surface area contributed by atoms with Gasteiger partial charge in [-0.05, 0) is 6.42 Å². The van der Waals surface area contributed by atoms with Gasteiger partial charge in [0.15, 0.2) is 6.29 Å². The topological polar surface area (TPSA) is 99.9 Å². The van der Waals surface area contributed by atoms with E-state index in [1.165, 1.54) is 7.11 Å². The normalized spacial score (nSPS) is 20.0. The number of methoxy groups -OCH3 is 1. The zero-order valence-corrected chi connectivity index (χ0v) is 13.0. The first-order valence-electron chi connectivity index (χ1n) is 7.17. The molecule has 0 spiro atoms. The number of nitrogens with one attached hydrogen (secondary N) is 1. The lowest BCUT2D eigenvalue weighted by Gasteiger charge is -2.34. The van der Waals surface area contributed by atoms with Gasteiger partial charge in [0.1, 0.15) is 6.04 Å². The molecule has 0 aromatic rings. The van der Waals surface area contributed by atoms with Crippen LogP contribution in [0.2, 0.25) is 0 Å². The largest absolute Gasteiger partial charge is 0.468 e. The number of carbonyl (C=O) groups is 2. The minimum absolute atomic E-state index is 0.0416. The fraction of sp³-hybridized carbons (Fsp3) is 0.857. The fourth-order valence-electron chi connectivity index (χ4n) is 2.00. The summed E-state index contributed by atoms with van der Waals surface area (Å²) in [4.78, 5) is 22.4. The van der Waals surface area contributed by atoms with E-state index in [1.807, 2.05) is 0 Å². The Morgan fingerprint density at radius 2 is 2.00 bits per heavy atom. The second-order valence-electron chi connectivity index (χ2n) is 6.04. The molecular weight excluding hydrogens is 276 g/mol. The van der Waals surface area contributed by atoms with Crippen LogP contribution in [0.25, 0.3) is 0 Å². The van der Waals surface area contributed by atoms with Crippen LogP contribution >= 0.6 is 0 Å². The summed E-state index contributed by atoms with van der Waals surface area (Å²) < 4.78 is 15.9. The van der Waals surface area contributed by atoms with E-state index in [0.717, 1.165) is 0 Å². The number of primary amides is 1. The highest BCUT2D eigenvalue weighted by molar-refractivity contribution is 5.78. The molecule has 7 heteroatoms. The van der Waals surface area contributed by atoms with Gasteiger partial charge in [0, 0.05) is 24.8 Å². The standard InChI is InChI=1S/C14H26N2O5/c1-14(2)8-20-12(21-9-14)6-7-16-10(13(18)19-3)4-5-11(15)17/h10,12,16H,4-9H2,1-3H3,(H2,15,17)/t10-/m0/s1. The molecule has 21 heavy (non-hydrogen) atoms. The van der Waals surface area contributed by atoms with Crippen LogP contribution in [0.15, 0.2) is 0 Å². The zero-order valence-electron chi connectivity index (χ0n) is 13.0. The molecule has 0 saturated carbocycles. The molecule has 1 fully saturated rings. The van der Waals surface area contributed by atoms with Gasteiger partial charge >= 0.3 is 5.97 Å². The molecule has 7 nitrogen and oxygen atoms in total. The van der Waals surface area contributed by atoms with Crippen LogP contribution in [0.5, 0.6) is 0 Å². The molecule has 0 aromatic carbocycles. The molecule has 0 aliphatic carbocycles. The van der Waals surface area contributed by atoms with Crippen molar-refractivity contribution in [2.24, 2.45) is 11.1 Å². The summed E-state index contributed by atoms with van der Waals surface area (Å²) in [6.45, 7) is 6.00. The summed E-state index contributed by atoms with van der Waals surface area (Å²) >= 11 is 0. The quantitative estimate of drug-likeness (QED) is 0.620. The van der Waals surface area contributed by atoms with Gasteiger partial charge in [-0.15, -0.1) is 0 Å². The molecule has 1 saturated heterocycles. The van der Waals surface area contributed by atoms with Crippen molar-refractivity contribution in [1.29, 1.82) is 0 Å². The van der Waals surface area contributed by atoms with E-state index in [9.17, 15) is 9.59 Å². The van der Waals surface area contributed by atoms with Crippen LogP contribution in [-0.4, -0.2) is 51.1 Å². The van der Waals surface area contributed by atoms with E-state index in [4.69, 9.17) is 19.9 Å². The van der Waals surface area contributed by atoms with Gasteiger partial charge in [0.2, 0.25) is 5.91 Å². The van der Waals surface area contributed by atoms with Crippen molar-refractivity contribution in [3.8, 4) is 0 Å². The average molecular weight is 302 g/mol. The first-order chi connectivity index (χ1) is 9.84. The van der Waals surface area contributed by atoms with Crippen LogP contribution in [-0.2, 0) is 23.8 Å². The highest BCUT2D eigenvalue weighted by Crippen LogP contribution is 2.23. The van der Waals surface area contributed by atoms with E-state index >= 15 is 0 Å². The SMILES string of the molecule is COC(=O)[C@H](CCC(N)=O)NCCC1OCC(C)(C)CO1. The highest BCUT2D eigenvalue weighted by atomic mass is 16.7. The molecule has 1 atom stereocenters. The maximum absolute atomic E-state index is 11.6. The van der Waals surface area contributed by atoms with Gasteiger partial charge in [-0.3, -0.25) is 9.59 Å². The van der Waals surface area contributed by atoms with Crippen molar-refractivity contribution in [3.63, 3.8) is 0 Å². The summed E-state index contributed by atoms with van der Waals surface area (Å²) in [5, 5.41) is 3.05. The van der Waals surface area contributed by atoms with E-state index in [0.29, 0.717) is 32.6 Å². The number of hydrogen-bond acceptors (Lipinski definition) is 6. The Kier molecular flexibility index (Phi) is 7.07. The van der Waals surface area contributed by atoms with Crippen LogP contribution in [0, 0.1) is 5.41 Å². The summed E-state index contributed by atoms with van der Waals surface area (Å²) in [5.41, 5.74) is 5.14. The van der Waals surface area contributed by atoms with Gasteiger partial charge in [0.25, 0.3) is 0 Å². The highest BCUT2D eigenvalue weighted by Gasteiger charge is 2.28. The fourth-order valence-corrected chi connectivity index (χ4v) is 2.00. The van der Waals surface area contributed by atoms with Gasteiger partial charge in [-0.1, -0.05) is 13.8 Å². The summed E-state index contributed by atoms with van der Waals surface area (Å²) in [5.74, 6) is -0.838. The smallest absolute Gasteiger partial charge is 0.322 e. The van der Waals surface area contributed by atoms with Crippen molar-refractivity contribution in [3.05, 3.63) is 0 Å². The number of nitrogens with two attached hydrogens (primary N) is 1. The second kappa shape index (κ2) is 8.31. The van der Waals surface area contributed by atoms with E-state index in [-0.39, 0.29) is 18.1 Å². The number of ether oxygens (including phenoxy) is 3. The number of amides is 1. The lowest BCUT2D eigenvalue weighted by molar-refractivity contribution is -0.223. The Balaban J connectivity index is 2.29. The monoisotopic (exact) mass is 302 g/mol. The minimum Gasteiger partial charge on any atom is -0.468 e. The molecule has 1 aliphatic rings. The molecule has 3 N–H and O–H groups in total. The van der Waals surface area contributed by atoms with Gasteiger partial charge in [0.05, 0.1) is 20.3 Å². The third-order valence-electron chi connectivity index (χ3n) is 3.26. The minimum atomic E-state index is -0.539. The number of esters is 1. The Morgan fingerprint density at radius 3 is 2.52 bits per heavy atom. The van der Waals surface area contributed by atoms with Crippen LogP contribution in [0.3, 0.4) is 0 Å². The molecule has 0 bridgehead atoms. The van der Waals surface area contributed by atoms with Crippen molar-refractivity contribution in [1.82, 2.24) is 5.32 Å². The first kappa shape index (κ1) is 17.9. The maximum atomic E-state index is 11.6. The van der Waals surface area contributed by atoms with Crippen molar-refractivity contribution >= 4 is 11.9 Å². The van der Waals surface area contributed by atoms with Gasteiger partial charge in [-0.2, -0.15) is 0 Å². The molecule has 0 unspecified atom stereocenters. The lowest BCUT2D eigenvalue weighted by atomic mass is 9.95. The molecule has 1 heterocycles. The van der Waals surface area contributed by atoms with Crippen LogP contribution < -0.4 is 11.1 Å². The summed E-state index contributed by atoms with van der Waals surface area (Å²) in [6.07, 6.45) is 0.818. The molecule has 0 radical (unpaired) electrons. The molecular formula is C14H26N2O5. The molecule has 122 valence electrons. The van der Waals surface area contributed by atoms with Crippen molar-refractivity contribution in [2.45, 2.75) is 45.4 Å². The predicted octanol–water partition coefficient (Wildman–Crippen LogP) is 0.172. The average Bonchev–Trinajstić information content (AvgIpc) is 2.43. The van der Waals surface area contributed by atoms with E-state index in [2.05, 4.69) is 19.2 Å². The Morgan fingerprint density at radius 1 is 1.38 bits per heavy atom. The third kappa shape index (κ3) is 6.88. The number of hydrogen-bond donors (Lipinski definition) is 2. The molecule has 1 aliphatic heterocycles. The van der Waals surface area contributed by atoms with Crippen LogP contribution in [0.4, 0.5) is 0 Å². The second-order valence-corrected chi connectivity index (χ2v) is 6.04. The Hall–Kier alpha value is -1.18. The number of rotatable bonds is 8. The summed E-state index contributed by atoms with van der Waals surface area (Å²) in [6, 6.07) is -0.539. The summed E-state index contributed by atoms with van der Waals surface area (Å²) in [7, 11) is 1.32. The lowest BCUT2D eigenvalue weighted by Crippen LogP contribution is -2.42. The predicted molar refractivity (Wildman–Crippen MR) is 76.3 cm³/mol. The Labute approximate surface area is 125 Å². The third-order valence-corrected chi connectivity index (χ3v) is 3.26. The first-order valence-corrected chi connectivity index (χ1v) is 7.17. The van der Waals surface area contributed by atoms with E-state index in [1.54, 1.807) is 0 Å². The van der Waals surface area contributed by atoms with E-state index < -0.39 is 17.9 Å². The zero-order chi connectivity index (χ0) is 15.9. The molecule has 1 rings (SSSR count). The molecule has 1 amide bonds. The van der Waals surface area contributed by atoms with Crippen molar-refractivity contribution < 1.29 is 23.8 Å². The van der Waals surface area contributed by atoms with Crippen molar-refractivity contribution in [2.75, 3.05) is 26.9 Å². The van der Waals surface area contributed by atoms with Crippen LogP contribution in [0.1, 0.15) is 33.1 Å². The Bertz CT molecular complexity index is 349. The molecule has 0 aromatic heterocycles.